The van der Waals surface area contributed by atoms with Crippen LogP contribution in [-0.4, -0.2) is 44.4 Å². The summed E-state index contributed by atoms with van der Waals surface area (Å²) in [5, 5.41) is 14.4. The van der Waals surface area contributed by atoms with Gasteiger partial charge in [0.25, 0.3) is 0 Å². The number of aryl methyl sites for hydroxylation is 1. The molecule has 0 radical (unpaired) electrons. The molecule has 1 aliphatic rings. The lowest BCUT2D eigenvalue weighted by atomic mass is 9.96. The van der Waals surface area contributed by atoms with Gasteiger partial charge >= 0.3 is 5.97 Å². The van der Waals surface area contributed by atoms with Gasteiger partial charge in [0.1, 0.15) is 5.82 Å². The van der Waals surface area contributed by atoms with E-state index in [4.69, 9.17) is 14.8 Å². The van der Waals surface area contributed by atoms with Crippen LogP contribution in [0, 0.1) is 12.8 Å². The molecule has 1 aromatic carbocycles. The molecule has 0 spiro atoms. The van der Waals surface area contributed by atoms with Gasteiger partial charge in [0.05, 0.1) is 23.3 Å². The minimum Gasteiger partial charge on any atom is -0.481 e. The Labute approximate surface area is 189 Å². The minimum atomic E-state index is -0.712. The van der Waals surface area contributed by atoms with Crippen molar-refractivity contribution >= 4 is 17.4 Å². The molecule has 1 saturated heterocycles. The molecule has 170 valence electrons. The Morgan fingerprint density at radius 1 is 1.19 bits per heavy atom. The second-order valence-electron chi connectivity index (χ2n) is 9.57. The number of carboxylic acid groups (broad SMARTS) is 1. The summed E-state index contributed by atoms with van der Waals surface area (Å²) in [6, 6.07) is 12.1. The van der Waals surface area contributed by atoms with E-state index in [2.05, 4.69) is 11.8 Å². The molecule has 0 aliphatic carbocycles. The topological polar surface area (TPSA) is 80.0 Å². The zero-order valence-electron chi connectivity index (χ0n) is 19.5. The van der Waals surface area contributed by atoms with Gasteiger partial charge in [-0.15, -0.1) is 0 Å². The van der Waals surface area contributed by atoms with Crippen molar-refractivity contribution in [2.75, 3.05) is 18.0 Å². The number of anilines is 1. The van der Waals surface area contributed by atoms with E-state index in [9.17, 15) is 9.90 Å². The number of benzene rings is 1. The van der Waals surface area contributed by atoms with Crippen molar-refractivity contribution in [3.8, 4) is 11.3 Å². The normalized spacial score (nSPS) is 16.5. The van der Waals surface area contributed by atoms with E-state index < -0.39 is 5.97 Å². The predicted molar refractivity (Wildman–Crippen MR) is 125 cm³/mol. The third-order valence-electron chi connectivity index (χ3n) is 5.95. The smallest absolute Gasteiger partial charge is 0.306 e. The third kappa shape index (κ3) is 4.48. The number of piperidine rings is 1. The zero-order valence-corrected chi connectivity index (χ0v) is 19.5. The van der Waals surface area contributed by atoms with Crippen molar-refractivity contribution in [1.82, 2.24) is 14.6 Å². The van der Waals surface area contributed by atoms with Gasteiger partial charge in [-0.1, -0.05) is 30.3 Å². The molecule has 1 aliphatic heterocycles. The van der Waals surface area contributed by atoms with E-state index in [1.807, 2.05) is 68.6 Å². The molecule has 2 aromatic heterocycles. The molecule has 0 saturated carbocycles. The van der Waals surface area contributed by atoms with Crippen molar-refractivity contribution in [3.63, 3.8) is 0 Å². The van der Waals surface area contributed by atoms with Gasteiger partial charge in [-0.25, -0.2) is 4.98 Å². The number of ether oxygens (including phenoxy) is 1. The molecule has 1 fully saturated rings. The summed E-state index contributed by atoms with van der Waals surface area (Å²) in [6.07, 6.45) is 1.03. The Morgan fingerprint density at radius 2 is 1.84 bits per heavy atom. The number of hydrogen-bond acceptors (Lipinski definition) is 5. The SMILES string of the molecule is Cc1nc2cc(-c3ccccc3)nn2c(N2CCC(C(=O)O)CC2)c1C(C)OC(C)(C)C. The fourth-order valence-corrected chi connectivity index (χ4v) is 4.57. The van der Waals surface area contributed by atoms with Crippen LogP contribution < -0.4 is 4.90 Å². The van der Waals surface area contributed by atoms with Crippen LogP contribution in [0.2, 0.25) is 0 Å². The molecule has 4 rings (SSSR count). The highest BCUT2D eigenvalue weighted by Crippen LogP contribution is 2.36. The fourth-order valence-electron chi connectivity index (χ4n) is 4.57. The summed E-state index contributed by atoms with van der Waals surface area (Å²) < 4.78 is 8.24. The number of aliphatic carboxylic acids is 1. The first-order valence-corrected chi connectivity index (χ1v) is 11.3. The Balaban J connectivity index is 1.84. The van der Waals surface area contributed by atoms with Crippen LogP contribution in [0.1, 0.15) is 57.9 Å². The second-order valence-corrected chi connectivity index (χ2v) is 9.57. The molecular weight excluding hydrogens is 404 g/mol. The molecule has 1 N–H and O–H groups in total. The van der Waals surface area contributed by atoms with E-state index in [1.54, 1.807) is 0 Å². The highest BCUT2D eigenvalue weighted by atomic mass is 16.5. The summed E-state index contributed by atoms with van der Waals surface area (Å²) in [5.74, 6) is -0.0556. The van der Waals surface area contributed by atoms with Crippen LogP contribution in [0.3, 0.4) is 0 Å². The lowest BCUT2D eigenvalue weighted by molar-refractivity contribution is -0.142. The van der Waals surface area contributed by atoms with Gasteiger partial charge in [-0.3, -0.25) is 4.79 Å². The standard InChI is InChI=1S/C25H32N4O3/c1-16-22(17(2)32-25(3,4)5)23(28-13-11-19(12-14-28)24(30)31)29-21(26-16)15-20(27-29)18-9-7-6-8-10-18/h6-10,15,17,19H,11-14H2,1-5H3,(H,30,31). The number of nitrogens with zero attached hydrogens (tertiary/aromatic N) is 4. The second kappa shape index (κ2) is 8.54. The van der Waals surface area contributed by atoms with Crippen LogP contribution >= 0.6 is 0 Å². The lowest BCUT2D eigenvalue weighted by Gasteiger charge is -2.35. The van der Waals surface area contributed by atoms with Crippen LogP contribution in [0.15, 0.2) is 36.4 Å². The molecule has 3 heterocycles. The summed E-state index contributed by atoms with van der Waals surface area (Å²) >= 11 is 0. The van der Waals surface area contributed by atoms with Crippen molar-refractivity contribution in [2.24, 2.45) is 5.92 Å². The van der Waals surface area contributed by atoms with Gasteiger partial charge in [0.15, 0.2) is 5.65 Å². The molecule has 0 bridgehead atoms. The molecule has 7 heteroatoms. The summed E-state index contributed by atoms with van der Waals surface area (Å²) in [6.45, 7) is 11.5. The van der Waals surface area contributed by atoms with Gasteiger partial charge in [0, 0.05) is 36.0 Å². The number of fused-ring (bicyclic) bond motifs is 1. The first kappa shape index (κ1) is 22.3. The number of hydrogen-bond donors (Lipinski definition) is 1. The Bertz CT molecular complexity index is 1110. The summed E-state index contributed by atoms with van der Waals surface area (Å²) in [7, 11) is 0. The first-order chi connectivity index (χ1) is 15.1. The van der Waals surface area contributed by atoms with E-state index in [-0.39, 0.29) is 17.6 Å². The van der Waals surface area contributed by atoms with Gasteiger partial charge in [-0.2, -0.15) is 9.61 Å². The summed E-state index contributed by atoms with van der Waals surface area (Å²) in [5.41, 5.74) is 4.28. The average Bonchev–Trinajstić information content (AvgIpc) is 3.15. The maximum atomic E-state index is 11.5. The van der Waals surface area contributed by atoms with Gasteiger partial charge in [0.2, 0.25) is 0 Å². The minimum absolute atomic E-state index is 0.191. The molecule has 32 heavy (non-hydrogen) atoms. The molecular formula is C25H32N4O3. The number of aromatic nitrogens is 3. The quantitative estimate of drug-likeness (QED) is 0.614. The Morgan fingerprint density at radius 3 is 2.44 bits per heavy atom. The zero-order chi connectivity index (χ0) is 23.0. The van der Waals surface area contributed by atoms with E-state index >= 15 is 0 Å². The fraction of sp³-hybridized carbons (Fsp3) is 0.480. The molecule has 7 nitrogen and oxygen atoms in total. The van der Waals surface area contributed by atoms with Crippen LogP contribution in [0.25, 0.3) is 16.9 Å². The van der Waals surface area contributed by atoms with Crippen molar-refractivity contribution in [2.45, 2.75) is 59.2 Å². The van der Waals surface area contributed by atoms with Crippen LogP contribution in [0.5, 0.6) is 0 Å². The van der Waals surface area contributed by atoms with Crippen molar-refractivity contribution in [3.05, 3.63) is 47.7 Å². The van der Waals surface area contributed by atoms with E-state index in [0.29, 0.717) is 25.9 Å². The molecule has 1 unspecified atom stereocenters. The number of carbonyl (C=O) groups is 1. The Kier molecular flexibility index (Phi) is 5.95. The molecule has 3 aromatic rings. The average molecular weight is 437 g/mol. The largest absolute Gasteiger partial charge is 0.481 e. The maximum Gasteiger partial charge on any atom is 0.306 e. The number of rotatable bonds is 5. The highest BCUT2D eigenvalue weighted by molar-refractivity contribution is 5.71. The monoisotopic (exact) mass is 436 g/mol. The lowest BCUT2D eigenvalue weighted by Crippen LogP contribution is -2.38. The third-order valence-corrected chi connectivity index (χ3v) is 5.95. The van der Waals surface area contributed by atoms with Crippen molar-refractivity contribution < 1.29 is 14.6 Å². The van der Waals surface area contributed by atoms with Crippen molar-refractivity contribution in [1.29, 1.82) is 0 Å². The van der Waals surface area contributed by atoms with E-state index in [0.717, 1.165) is 34.0 Å². The highest BCUT2D eigenvalue weighted by Gasteiger charge is 2.31. The first-order valence-electron chi connectivity index (χ1n) is 11.3. The predicted octanol–water partition coefficient (Wildman–Crippen LogP) is 4.88. The molecule has 1 atom stereocenters. The Hall–Kier alpha value is -2.93. The van der Waals surface area contributed by atoms with Crippen LogP contribution in [-0.2, 0) is 9.53 Å². The van der Waals surface area contributed by atoms with Crippen LogP contribution in [0.4, 0.5) is 5.82 Å². The van der Waals surface area contributed by atoms with Gasteiger partial charge < -0.3 is 14.7 Å². The summed E-state index contributed by atoms with van der Waals surface area (Å²) in [4.78, 5) is 18.6. The van der Waals surface area contributed by atoms with E-state index in [1.165, 1.54) is 0 Å². The molecule has 0 amide bonds. The maximum absolute atomic E-state index is 11.5. The van der Waals surface area contributed by atoms with Gasteiger partial charge in [-0.05, 0) is 47.5 Å². The number of carboxylic acids is 1.